The fourth-order valence-electron chi connectivity index (χ4n) is 2.88. The smallest absolute Gasteiger partial charge is 1.00 e. The van der Waals surface area contributed by atoms with Crippen molar-refractivity contribution in [1.29, 1.82) is 0 Å². The SMILES string of the molecule is CC(C)(C)C1CCCC(S)C1c1nccs1.[H-].[K+]. The van der Waals surface area contributed by atoms with Crippen molar-refractivity contribution in [2.45, 2.75) is 51.2 Å². The maximum Gasteiger partial charge on any atom is 1.00 e. The minimum absolute atomic E-state index is 0. The van der Waals surface area contributed by atoms with Crippen molar-refractivity contribution in [2.75, 3.05) is 0 Å². The molecule has 1 aliphatic rings. The zero-order valence-electron chi connectivity index (χ0n) is 12.3. The molecule has 0 radical (unpaired) electrons. The van der Waals surface area contributed by atoms with E-state index >= 15 is 0 Å². The number of rotatable bonds is 1. The summed E-state index contributed by atoms with van der Waals surface area (Å²) in [4.78, 5) is 4.52. The predicted molar refractivity (Wildman–Crippen MR) is 75.5 cm³/mol. The topological polar surface area (TPSA) is 12.9 Å². The van der Waals surface area contributed by atoms with Crippen molar-refractivity contribution in [2.24, 2.45) is 11.3 Å². The van der Waals surface area contributed by atoms with Crippen LogP contribution in [0.1, 0.15) is 52.4 Å². The van der Waals surface area contributed by atoms with Gasteiger partial charge in [0.05, 0.1) is 5.01 Å². The summed E-state index contributed by atoms with van der Waals surface area (Å²) >= 11 is 6.59. The molecule has 0 saturated heterocycles. The van der Waals surface area contributed by atoms with Gasteiger partial charge in [0.15, 0.2) is 0 Å². The van der Waals surface area contributed by atoms with Gasteiger partial charge in [0.2, 0.25) is 0 Å². The van der Waals surface area contributed by atoms with Crippen LogP contribution in [0.2, 0.25) is 0 Å². The van der Waals surface area contributed by atoms with Gasteiger partial charge < -0.3 is 1.43 Å². The van der Waals surface area contributed by atoms with Gasteiger partial charge in [0.25, 0.3) is 0 Å². The molecule has 0 aromatic carbocycles. The molecule has 4 heteroatoms. The second-order valence-corrected chi connectivity index (χ2v) is 7.46. The molecule has 1 nitrogen and oxygen atoms in total. The summed E-state index contributed by atoms with van der Waals surface area (Å²) in [6.07, 6.45) is 5.80. The molecule has 1 heterocycles. The number of thiazole rings is 1. The van der Waals surface area contributed by atoms with Gasteiger partial charge in [0.1, 0.15) is 0 Å². The zero-order chi connectivity index (χ0) is 11.8. The minimum atomic E-state index is 0. The largest absolute Gasteiger partial charge is 1.00 e. The number of nitrogens with zero attached hydrogens (tertiary/aromatic N) is 1. The summed E-state index contributed by atoms with van der Waals surface area (Å²) in [5.41, 5.74) is 0.359. The van der Waals surface area contributed by atoms with Crippen LogP contribution in [0.3, 0.4) is 0 Å². The number of aromatic nitrogens is 1. The second-order valence-electron chi connectivity index (χ2n) is 5.87. The predicted octanol–water partition coefficient (Wildman–Crippen LogP) is 1.49. The Morgan fingerprint density at radius 1 is 1.41 bits per heavy atom. The van der Waals surface area contributed by atoms with Crippen LogP contribution in [0.5, 0.6) is 0 Å². The van der Waals surface area contributed by atoms with E-state index in [1.807, 2.05) is 6.20 Å². The first-order chi connectivity index (χ1) is 7.50. The fraction of sp³-hybridized carbons (Fsp3) is 0.769. The Balaban J connectivity index is 0.00000144. The Hall–Kier alpha value is 1.62. The number of hydrogen-bond donors (Lipinski definition) is 1. The van der Waals surface area contributed by atoms with E-state index in [4.69, 9.17) is 12.6 Å². The summed E-state index contributed by atoms with van der Waals surface area (Å²) in [5.74, 6) is 1.27. The maximum atomic E-state index is 4.80. The van der Waals surface area contributed by atoms with Gasteiger partial charge in [-0.2, -0.15) is 12.6 Å². The van der Waals surface area contributed by atoms with E-state index in [1.165, 1.54) is 24.3 Å². The van der Waals surface area contributed by atoms with Crippen LogP contribution in [0.25, 0.3) is 0 Å². The van der Waals surface area contributed by atoms with Gasteiger partial charge in [0, 0.05) is 22.7 Å². The quantitative estimate of drug-likeness (QED) is 0.612. The molecule has 92 valence electrons. The maximum absolute atomic E-state index is 4.80. The first kappa shape index (κ1) is 16.7. The first-order valence-corrected chi connectivity index (χ1v) is 7.47. The van der Waals surface area contributed by atoms with Crippen molar-refractivity contribution in [3.63, 3.8) is 0 Å². The Morgan fingerprint density at radius 3 is 2.65 bits per heavy atom. The van der Waals surface area contributed by atoms with E-state index < -0.39 is 0 Å². The molecule has 1 aliphatic carbocycles. The molecule has 1 aromatic heterocycles. The molecule has 0 amide bonds. The molecule has 3 atom stereocenters. The Kier molecular flexibility index (Phi) is 6.73. The van der Waals surface area contributed by atoms with Gasteiger partial charge in [-0.3, -0.25) is 0 Å². The van der Waals surface area contributed by atoms with Crippen LogP contribution in [0.4, 0.5) is 0 Å². The molecule has 3 unspecified atom stereocenters. The zero-order valence-corrected chi connectivity index (χ0v) is 16.1. The van der Waals surface area contributed by atoms with Crippen molar-refractivity contribution >= 4 is 24.0 Å². The summed E-state index contributed by atoms with van der Waals surface area (Å²) in [7, 11) is 0. The van der Waals surface area contributed by atoms with E-state index in [-0.39, 0.29) is 52.8 Å². The second kappa shape index (κ2) is 6.87. The molecule has 0 spiro atoms. The molecule has 1 fully saturated rings. The van der Waals surface area contributed by atoms with Crippen molar-refractivity contribution in [1.82, 2.24) is 4.98 Å². The number of thiol groups is 1. The van der Waals surface area contributed by atoms with Crippen molar-refractivity contribution in [3.05, 3.63) is 16.6 Å². The molecule has 0 N–H and O–H groups in total. The average Bonchev–Trinajstić information content (AvgIpc) is 2.68. The molecular formula is C13H22KNS2. The van der Waals surface area contributed by atoms with E-state index in [9.17, 15) is 0 Å². The number of hydrogen-bond acceptors (Lipinski definition) is 3. The van der Waals surface area contributed by atoms with Crippen LogP contribution in [-0.2, 0) is 0 Å². The normalized spacial score (nSPS) is 29.8. The third-order valence-corrected chi connectivity index (χ3v) is 5.17. The summed E-state index contributed by atoms with van der Waals surface area (Å²) in [6, 6.07) is 0. The van der Waals surface area contributed by atoms with E-state index in [2.05, 4.69) is 31.1 Å². The molecule has 1 aromatic rings. The summed E-state index contributed by atoms with van der Waals surface area (Å²) < 4.78 is 0. The van der Waals surface area contributed by atoms with Crippen LogP contribution < -0.4 is 51.4 Å². The Labute approximate surface area is 158 Å². The van der Waals surface area contributed by atoms with E-state index in [1.54, 1.807) is 11.3 Å². The van der Waals surface area contributed by atoms with Gasteiger partial charge in [-0.15, -0.1) is 11.3 Å². The van der Waals surface area contributed by atoms with Gasteiger partial charge in [-0.05, 0) is 24.2 Å². The van der Waals surface area contributed by atoms with Crippen LogP contribution >= 0.6 is 24.0 Å². The van der Waals surface area contributed by atoms with Gasteiger partial charge in [-0.25, -0.2) is 4.98 Å². The first-order valence-electron chi connectivity index (χ1n) is 6.07. The standard InChI is InChI=1S/C13H21NS2.K.H/c1-13(2,3)9-5-4-6-10(15)11(9)12-14-7-8-16-12;;/h7-11,15H,4-6H2,1-3H3;;/q;+1;-1. The molecule has 0 bridgehead atoms. The third-order valence-electron chi connectivity index (χ3n) is 3.71. The average molecular weight is 296 g/mol. The molecule has 2 rings (SSSR count). The Morgan fingerprint density at radius 2 is 2.12 bits per heavy atom. The van der Waals surface area contributed by atoms with E-state index in [0.29, 0.717) is 16.6 Å². The monoisotopic (exact) mass is 295 g/mol. The van der Waals surface area contributed by atoms with Gasteiger partial charge >= 0.3 is 51.4 Å². The van der Waals surface area contributed by atoms with Gasteiger partial charge in [-0.1, -0.05) is 27.2 Å². The van der Waals surface area contributed by atoms with Crippen LogP contribution in [-0.4, -0.2) is 10.2 Å². The van der Waals surface area contributed by atoms with Crippen LogP contribution in [0.15, 0.2) is 11.6 Å². The van der Waals surface area contributed by atoms with Crippen LogP contribution in [0, 0.1) is 11.3 Å². The molecular weight excluding hydrogens is 273 g/mol. The minimum Gasteiger partial charge on any atom is -1.00 e. The van der Waals surface area contributed by atoms with Crippen molar-refractivity contribution < 1.29 is 52.8 Å². The van der Waals surface area contributed by atoms with Crippen molar-refractivity contribution in [3.8, 4) is 0 Å². The third kappa shape index (κ3) is 4.04. The molecule has 17 heavy (non-hydrogen) atoms. The molecule has 1 saturated carbocycles. The summed E-state index contributed by atoms with van der Waals surface area (Å²) in [5, 5.41) is 3.87. The summed E-state index contributed by atoms with van der Waals surface area (Å²) in [6.45, 7) is 7.05. The fourth-order valence-corrected chi connectivity index (χ4v) is 4.38. The molecule has 0 aliphatic heterocycles. The van der Waals surface area contributed by atoms with E-state index in [0.717, 1.165) is 5.92 Å². The Bertz CT molecular complexity index is 337.